The van der Waals surface area contributed by atoms with Gasteiger partial charge >= 0.3 is 0 Å². The summed E-state index contributed by atoms with van der Waals surface area (Å²) >= 11 is 0. The van der Waals surface area contributed by atoms with E-state index in [1.54, 1.807) is 5.56 Å². The zero-order chi connectivity index (χ0) is 12.4. The smallest absolute Gasteiger partial charge is 0.0363 e. The lowest BCUT2D eigenvalue weighted by Gasteiger charge is -2.37. The van der Waals surface area contributed by atoms with Crippen molar-refractivity contribution in [3.63, 3.8) is 0 Å². The Morgan fingerprint density at radius 1 is 1.11 bits per heavy atom. The number of rotatable bonds is 1. The maximum Gasteiger partial charge on any atom is 0.0363 e. The molecule has 1 aromatic rings. The third-order valence-corrected chi connectivity index (χ3v) is 4.58. The summed E-state index contributed by atoms with van der Waals surface area (Å²) in [6.45, 7) is 7.13. The molecule has 1 saturated heterocycles. The molecule has 2 heterocycles. The van der Waals surface area contributed by atoms with Crippen LogP contribution in [0.5, 0.6) is 0 Å². The van der Waals surface area contributed by atoms with Crippen LogP contribution in [0.2, 0.25) is 0 Å². The van der Waals surface area contributed by atoms with E-state index in [0.717, 1.165) is 19.0 Å². The molecule has 0 radical (unpaired) electrons. The molecule has 1 fully saturated rings. The van der Waals surface area contributed by atoms with Gasteiger partial charge in [0.05, 0.1) is 0 Å². The van der Waals surface area contributed by atoms with E-state index < -0.39 is 0 Å². The average Bonchev–Trinajstić information content (AvgIpc) is 2.62. The lowest BCUT2D eigenvalue weighted by atomic mass is 9.93. The number of nitrogens with zero attached hydrogens (tertiary/aromatic N) is 1. The first-order valence-electron chi connectivity index (χ1n) is 7.37. The van der Waals surface area contributed by atoms with Crippen LogP contribution < -0.4 is 5.32 Å². The SMILES string of the molecule is CC1CCN(C2CCNCc3ccccc32)CC1. The van der Waals surface area contributed by atoms with Crippen LogP contribution in [0.15, 0.2) is 24.3 Å². The van der Waals surface area contributed by atoms with E-state index in [-0.39, 0.29) is 0 Å². The van der Waals surface area contributed by atoms with E-state index in [4.69, 9.17) is 0 Å². The standard InChI is InChI=1S/C16H24N2/c1-13-7-10-18(11-8-13)16-6-9-17-12-14-4-2-3-5-15(14)16/h2-5,13,16-17H,6-12H2,1H3. The van der Waals surface area contributed by atoms with Crippen molar-refractivity contribution in [2.75, 3.05) is 19.6 Å². The van der Waals surface area contributed by atoms with Gasteiger partial charge in [-0.05, 0) is 55.9 Å². The topological polar surface area (TPSA) is 15.3 Å². The van der Waals surface area contributed by atoms with Crippen molar-refractivity contribution in [2.45, 2.75) is 38.8 Å². The first-order valence-corrected chi connectivity index (χ1v) is 7.37. The minimum atomic E-state index is 0.642. The Morgan fingerprint density at radius 2 is 1.89 bits per heavy atom. The number of piperidine rings is 1. The highest BCUT2D eigenvalue weighted by atomic mass is 15.2. The average molecular weight is 244 g/mol. The summed E-state index contributed by atoms with van der Waals surface area (Å²) in [5, 5.41) is 3.55. The molecule has 0 amide bonds. The Labute approximate surface area is 110 Å². The van der Waals surface area contributed by atoms with Crippen LogP contribution >= 0.6 is 0 Å². The second-order valence-corrected chi connectivity index (χ2v) is 5.90. The van der Waals surface area contributed by atoms with Crippen LogP contribution in [0.25, 0.3) is 0 Å². The summed E-state index contributed by atoms with van der Waals surface area (Å²) in [5.74, 6) is 0.917. The maximum atomic E-state index is 3.55. The predicted molar refractivity (Wildman–Crippen MR) is 75.5 cm³/mol. The van der Waals surface area contributed by atoms with Crippen LogP contribution in [0.1, 0.15) is 43.4 Å². The van der Waals surface area contributed by atoms with Crippen LogP contribution in [-0.2, 0) is 6.54 Å². The minimum absolute atomic E-state index is 0.642. The van der Waals surface area contributed by atoms with Gasteiger partial charge in [-0.25, -0.2) is 0 Å². The van der Waals surface area contributed by atoms with E-state index in [2.05, 4.69) is 41.4 Å². The van der Waals surface area contributed by atoms with Crippen LogP contribution in [0, 0.1) is 5.92 Å². The summed E-state index contributed by atoms with van der Waals surface area (Å²) in [6, 6.07) is 9.63. The highest BCUT2D eigenvalue weighted by molar-refractivity contribution is 5.31. The highest BCUT2D eigenvalue weighted by Crippen LogP contribution is 2.32. The van der Waals surface area contributed by atoms with Crippen LogP contribution in [-0.4, -0.2) is 24.5 Å². The molecule has 0 spiro atoms. The largest absolute Gasteiger partial charge is 0.313 e. The quantitative estimate of drug-likeness (QED) is 0.817. The molecule has 18 heavy (non-hydrogen) atoms. The third-order valence-electron chi connectivity index (χ3n) is 4.58. The van der Waals surface area contributed by atoms with Gasteiger partial charge in [0.25, 0.3) is 0 Å². The lowest BCUT2D eigenvalue weighted by molar-refractivity contribution is 0.132. The van der Waals surface area contributed by atoms with E-state index in [1.807, 2.05) is 0 Å². The Balaban J connectivity index is 1.83. The number of nitrogens with one attached hydrogen (secondary N) is 1. The second kappa shape index (κ2) is 5.41. The normalized spacial score (nSPS) is 26.6. The van der Waals surface area contributed by atoms with Crippen LogP contribution in [0.3, 0.4) is 0 Å². The molecule has 1 N–H and O–H groups in total. The molecule has 0 saturated carbocycles. The second-order valence-electron chi connectivity index (χ2n) is 5.90. The van der Waals surface area contributed by atoms with Gasteiger partial charge in [-0.2, -0.15) is 0 Å². The fraction of sp³-hybridized carbons (Fsp3) is 0.625. The minimum Gasteiger partial charge on any atom is -0.313 e. The molecule has 2 aliphatic rings. The molecule has 0 aromatic heterocycles. The van der Waals surface area contributed by atoms with Gasteiger partial charge < -0.3 is 5.32 Å². The summed E-state index contributed by atoms with van der Waals surface area (Å²) in [6.07, 6.45) is 3.99. The van der Waals surface area contributed by atoms with Crippen molar-refractivity contribution in [3.8, 4) is 0 Å². The van der Waals surface area contributed by atoms with Crippen molar-refractivity contribution in [1.29, 1.82) is 0 Å². The van der Waals surface area contributed by atoms with E-state index in [0.29, 0.717) is 6.04 Å². The van der Waals surface area contributed by atoms with Crippen molar-refractivity contribution in [1.82, 2.24) is 10.2 Å². The maximum absolute atomic E-state index is 3.55. The van der Waals surface area contributed by atoms with Gasteiger partial charge in [0.1, 0.15) is 0 Å². The zero-order valence-corrected chi connectivity index (χ0v) is 11.4. The Bertz CT molecular complexity index is 394. The zero-order valence-electron chi connectivity index (χ0n) is 11.4. The summed E-state index contributed by atoms with van der Waals surface area (Å²) in [7, 11) is 0. The number of hydrogen-bond donors (Lipinski definition) is 1. The van der Waals surface area contributed by atoms with E-state index in [9.17, 15) is 0 Å². The fourth-order valence-corrected chi connectivity index (χ4v) is 3.36. The number of fused-ring (bicyclic) bond motifs is 1. The monoisotopic (exact) mass is 244 g/mol. The lowest BCUT2D eigenvalue weighted by Crippen LogP contribution is -2.36. The summed E-state index contributed by atoms with van der Waals surface area (Å²) in [5.41, 5.74) is 3.07. The molecule has 3 rings (SSSR count). The Kier molecular flexibility index (Phi) is 3.67. The number of benzene rings is 1. The van der Waals surface area contributed by atoms with Gasteiger partial charge in [-0.3, -0.25) is 4.90 Å². The van der Waals surface area contributed by atoms with E-state index in [1.165, 1.54) is 37.9 Å². The molecule has 2 heteroatoms. The molecule has 2 nitrogen and oxygen atoms in total. The summed E-state index contributed by atoms with van der Waals surface area (Å²) < 4.78 is 0. The third kappa shape index (κ3) is 2.45. The van der Waals surface area contributed by atoms with Gasteiger partial charge in [0.15, 0.2) is 0 Å². The molecule has 1 atom stereocenters. The fourth-order valence-electron chi connectivity index (χ4n) is 3.36. The Morgan fingerprint density at radius 3 is 2.72 bits per heavy atom. The van der Waals surface area contributed by atoms with Crippen molar-refractivity contribution >= 4 is 0 Å². The summed E-state index contributed by atoms with van der Waals surface area (Å²) in [4.78, 5) is 2.71. The molecule has 1 aromatic carbocycles. The van der Waals surface area contributed by atoms with E-state index >= 15 is 0 Å². The molecule has 98 valence electrons. The number of likely N-dealkylation sites (tertiary alicyclic amines) is 1. The molecule has 2 aliphatic heterocycles. The van der Waals surface area contributed by atoms with Crippen molar-refractivity contribution in [3.05, 3.63) is 35.4 Å². The first-order chi connectivity index (χ1) is 8.84. The molecule has 1 unspecified atom stereocenters. The van der Waals surface area contributed by atoms with Gasteiger partial charge in [-0.15, -0.1) is 0 Å². The van der Waals surface area contributed by atoms with Gasteiger partial charge in [0.2, 0.25) is 0 Å². The van der Waals surface area contributed by atoms with Crippen LogP contribution in [0.4, 0.5) is 0 Å². The molecule has 0 aliphatic carbocycles. The molecule has 0 bridgehead atoms. The van der Waals surface area contributed by atoms with Gasteiger partial charge in [-0.1, -0.05) is 31.2 Å². The van der Waals surface area contributed by atoms with Crippen molar-refractivity contribution in [2.24, 2.45) is 5.92 Å². The highest BCUT2D eigenvalue weighted by Gasteiger charge is 2.26. The Hall–Kier alpha value is -0.860. The first kappa shape index (κ1) is 12.2. The predicted octanol–water partition coefficient (Wildman–Crippen LogP) is 2.95. The molecular weight excluding hydrogens is 220 g/mol. The van der Waals surface area contributed by atoms with Crippen molar-refractivity contribution < 1.29 is 0 Å². The molecular formula is C16H24N2. The van der Waals surface area contributed by atoms with Gasteiger partial charge in [0, 0.05) is 12.6 Å². The number of hydrogen-bond acceptors (Lipinski definition) is 2.